The van der Waals surface area contributed by atoms with Crippen molar-refractivity contribution in [2.24, 2.45) is 0 Å². The fourth-order valence-corrected chi connectivity index (χ4v) is 4.92. The van der Waals surface area contributed by atoms with Crippen LogP contribution in [-0.2, 0) is 18.3 Å². The monoisotopic (exact) mass is 268 g/mol. The molecule has 0 N–H and O–H groups in total. The summed E-state index contributed by atoms with van der Waals surface area (Å²) in [5.41, 5.74) is -0.228. The van der Waals surface area contributed by atoms with E-state index >= 15 is 0 Å². The van der Waals surface area contributed by atoms with Gasteiger partial charge in [0.05, 0.1) is 6.61 Å². The summed E-state index contributed by atoms with van der Waals surface area (Å²) >= 11 is 6.47. The van der Waals surface area contributed by atoms with Crippen LogP contribution < -0.4 is 0 Å². The van der Waals surface area contributed by atoms with E-state index in [2.05, 4.69) is 6.92 Å². The maximum Gasteiger partial charge on any atom is 0.476 e. The van der Waals surface area contributed by atoms with Crippen LogP contribution in [0.3, 0.4) is 0 Å². The van der Waals surface area contributed by atoms with Crippen LogP contribution in [0.25, 0.3) is 0 Å². The first-order valence-electron chi connectivity index (χ1n) is 5.87. The molecule has 0 radical (unpaired) electrons. The highest BCUT2D eigenvalue weighted by molar-refractivity contribution is 7.13. The third kappa shape index (κ3) is 3.98. The zero-order valence-electron chi connectivity index (χ0n) is 10.2. The first-order valence-corrected chi connectivity index (χ1v) is 8.78. The lowest BCUT2D eigenvalue weighted by atomic mass is 10.5. The number of hydrogen-bond donors (Lipinski definition) is 0. The van der Waals surface area contributed by atoms with Crippen molar-refractivity contribution in [2.45, 2.75) is 39.0 Å². The Morgan fingerprint density at radius 2 is 1.88 bits per heavy atom. The Balaban J connectivity index is 2.61. The molecule has 1 aliphatic heterocycles. The highest BCUT2D eigenvalue weighted by atomic mass is 35.6. The van der Waals surface area contributed by atoms with Gasteiger partial charge in [0.2, 0.25) is 0 Å². The molecule has 0 spiro atoms. The van der Waals surface area contributed by atoms with Crippen LogP contribution in [0.5, 0.6) is 0 Å². The maximum atomic E-state index is 6.47. The molecule has 2 unspecified atom stereocenters. The molecule has 1 saturated heterocycles. The smallest absolute Gasteiger partial charge is 0.382 e. The maximum absolute atomic E-state index is 6.47. The zero-order valence-corrected chi connectivity index (χ0v) is 12.0. The minimum absolute atomic E-state index is 0.0498. The minimum Gasteiger partial charge on any atom is -0.382 e. The van der Waals surface area contributed by atoms with Crippen LogP contribution >= 0.6 is 11.1 Å². The van der Waals surface area contributed by atoms with Crippen molar-refractivity contribution in [2.75, 3.05) is 26.4 Å². The Bertz CT molecular complexity index is 195. The van der Waals surface area contributed by atoms with E-state index in [0.717, 1.165) is 6.42 Å². The molecule has 0 saturated carbocycles. The van der Waals surface area contributed by atoms with E-state index in [1.165, 1.54) is 0 Å². The second kappa shape index (κ2) is 6.93. The van der Waals surface area contributed by atoms with Gasteiger partial charge in [0.1, 0.15) is 11.8 Å². The fourth-order valence-electron chi connectivity index (χ4n) is 1.50. The van der Waals surface area contributed by atoms with Gasteiger partial charge in [0.25, 0.3) is 0 Å². The van der Waals surface area contributed by atoms with Gasteiger partial charge >= 0.3 is 7.87 Å². The van der Waals surface area contributed by atoms with Gasteiger partial charge < -0.3 is 18.3 Å². The van der Waals surface area contributed by atoms with Crippen molar-refractivity contribution in [3.05, 3.63) is 0 Å². The average molecular weight is 269 g/mol. The second-order valence-electron chi connectivity index (χ2n) is 3.61. The molecule has 1 heterocycles. The normalized spacial score (nSPS) is 22.1. The van der Waals surface area contributed by atoms with Crippen LogP contribution in [-0.4, -0.2) is 46.1 Å². The Kier molecular flexibility index (Phi) is 6.24. The van der Waals surface area contributed by atoms with Gasteiger partial charge in [-0.2, -0.15) is 0 Å². The lowest BCUT2D eigenvalue weighted by Gasteiger charge is -2.30. The molecular formula is C10H21ClO4Si. The Morgan fingerprint density at radius 3 is 2.25 bits per heavy atom. The number of epoxide rings is 1. The summed E-state index contributed by atoms with van der Waals surface area (Å²) in [7, 11) is -2.79. The van der Waals surface area contributed by atoms with E-state index in [0.29, 0.717) is 26.4 Å². The van der Waals surface area contributed by atoms with E-state index in [-0.39, 0.29) is 11.8 Å². The first kappa shape index (κ1) is 14.4. The molecule has 0 aromatic heterocycles. The van der Waals surface area contributed by atoms with Gasteiger partial charge in [-0.25, -0.2) is 0 Å². The molecule has 0 aliphatic carbocycles. The summed E-state index contributed by atoms with van der Waals surface area (Å²) in [5.74, 6) is 0. The number of hydrogen-bond acceptors (Lipinski definition) is 4. The van der Waals surface area contributed by atoms with Crippen molar-refractivity contribution in [1.82, 2.24) is 0 Å². The quantitative estimate of drug-likeness (QED) is 0.364. The molecule has 1 rings (SSSR count). The van der Waals surface area contributed by atoms with Gasteiger partial charge in [0.15, 0.2) is 0 Å². The molecule has 4 nitrogen and oxygen atoms in total. The lowest BCUT2D eigenvalue weighted by molar-refractivity contribution is 0.0401. The molecule has 0 amide bonds. The van der Waals surface area contributed by atoms with Crippen molar-refractivity contribution in [3.63, 3.8) is 0 Å². The molecule has 96 valence electrons. The van der Waals surface area contributed by atoms with Crippen LogP contribution in [0.1, 0.15) is 27.2 Å². The third-order valence-electron chi connectivity index (χ3n) is 2.22. The van der Waals surface area contributed by atoms with Crippen LogP contribution in [0, 0.1) is 0 Å². The number of ether oxygens (including phenoxy) is 2. The van der Waals surface area contributed by atoms with Crippen LogP contribution in [0.4, 0.5) is 0 Å². The molecule has 0 bridgehead atoms. The fraction of sp³-hybridized carbons (Fsp3) is 1.00. The summed E-state index contributed by atoms with van der Waals surface area (Å²) in [5, 5.41) is 0. The summed E-state index contributed by atoms with van der Waals surface area (Å²) in [4.78, 5) is 0. The highest BCUT2D eigenvalue weighted by Gasteiger charge is 2.54. The van der Waals surface area contributed by atoms with Gasteiger partial charge in [0, 0.05) is 19.8 Å². The van der Waals surface area contributed by atoms with Crippen LogP contribution in [0.15, 0.2) is 0 Å². The van der Waals surface area contributed by atoms with Gasteiger partial charge in [-0.15, -0.1) is 0 Å². The Labute approximate surface area is 103 Å². The van der Waals surface area contributed by atoms with E-state index in [9.17, 15) is 0 Å². The van der Waals surface area contributed by atoms with Gasteiger partial charge in [-0.1, -0.05) is 18.0 Å². The highest BCUT2D eigenvalue weighted by Crippen LogP contribution is 2.30. The number of rotatable bonds is 9. The molecular weight excluding hydrogens is 248 g/mol. The average Bonchev–Trinajstić information content (AvgIpc) is 3.03. The van der Waals surface area contributed by atoms with E-state index in [1.54, 1.807) is 0 Å². The molecule has 0 aromatic rings. The standard InChI is InChI=1S/C10H21ClO4Si/c1-4-7-12-10(9-8-13-9)16(11,14-5-2)15-6-3/h9-10H,4-8H2,1-3H3. The predicted molar refractivity (Wildman–Crippen MR) is 64.6 cm³/mol. The summed E-state index contributed by atoms with van der Waals surface area (Å²) in [6, 6.07) is 0. The third-order valence-corrected chi connectivity index (χ3v) is 6.10. The Hall–Kier alpha value is 0.347. The first-order chi connectivity index (χ1) is 7.68. The van der Waals surface area contributed by atoms with Crippen molar-refractivity contribution < 1.29 is 18.3 Å². The second-order valence-corrected chi connectivity index (χ2v) is 7.50. The lowest BCUT2D eigenvalue weighted by Crippen LogP contribution is -2.53. The zero-order chi connectivity index (χ0) is 12.0. The topological polar surface area (TPSA) is 40.2 Å². The minimum atomic E-state index is -2.79. The SMILES string of the molecule is CCCOC(C1CO1)[Si](Cl)(OCC)OCC. The summed E-state index contributed by atoms with van der Waals surface area (Å²) < 4.78 is 22.2. The number of halogens is 1. The molecule has 2 atom stereocenters. The van der Waals surface area contributed by atoms with Crippen molar-refractivity contribution in [1.29, 1.82) is 0 Å². The van der Waals surface area contributed by atoms with E-state index in [1.807, 2.05) is 13.8 Å². The van der Waals surface area contributed by atoms with Crippen molar-refractivity contribution >= 4 is 18.9 Å². The van der Waals surface area contributed by atoms with Gasteiger partial charge in [-0.05, 0) is 20.3 Å². The Morgan fingerprint density at radius 1 is 1.31 bits per heavy atom. The molecule has 1 fully saturated rings. The van der Waals surface area contributed by atoms with E-state index < -0.39 is 7.87 Å². The largest absolute Gasteiger partial charge is 0.476 e. The summed E-state index contributed by atoms with van der Waals surface area (Å²) in [6.07, 6.45) is 0.997. The van der Waals surface area contributed by atoms with Crippen LogP contribution in [0.2, 0.25) is 0 Å². The van der Waals surface area contributed by atoms with Gasteiger partial charge in [-0.3, -0.25) is 0 Å². The van der Waals surface area contributed by atoms with Crippen molar-refractivity contribution in [3.8, 4) is 0 Å². The predicted octanol–water partition coefficient (Wildman–Crippen LogP) is 1.97. The molecule has 0 aromatic carbocycles. The molecule has 16 heavy (non-hydrogen) atoms. The molecule has 1 aliphatic rings. The molecule has 6 heteroatoms. The van der Waals surface area contributed by atoms with E-state index in [4.69, 9.17) is 29.4 Å². The summed E-state index contributed by atoms with van der Waals surface area (Å²) in [6.45, 7) is 8.30.